The van der Waals surface area contributed by atoms with Gasteiger partial charge in [-0.3, -0.25) is 0 Å². The number of aromatic nitrogens is 1. The van der Waals surface area contributed by atoms with Gasteiger partial charge in [0.15, 0.2) is 5.13 Å². The number of rotatable bonds is 4. The van der Waals surface area contributed by atoms with Gasteiger partial charge in [-0.1, -0.05) is 11.3 Å². The van der Waals surface area contributed by atoms with Crippen molar-refractivity contribution >= 4 is 16.5 Å². The second-order valence-electron chi connectivity index (χ2n) is 2.81. The van der Waals surface area contributed by atoms with Crippen LogP contribution in [-0.4, -0.2) is 29.8 Å². The molecule has 0 saturated carbocycles. The van der Waals surface area contributed by atoms with Crippen molar-refractivity contribution in [2.24, 2.45) is 0 Å². The monoisotopic (exact) mass is 240 g/mol. The van der Waals surface area contributed by atoms with Gasteiger partial charge in [-0.2, -0.15) is 13.2 Å². The molecule has 1 N–H and O–H groups in total. The Kier molecular flexibility index (Phi) is 3.92. The molecule has 1 aromatic heterocycles. The van der Waals surface area contributed by atoms with Crippen molar-refractivity contribution in [1.29, 1.82) is 0 Å². The molecule has 15 heavy (non-hydrogen) atoms. The number of thiazole rings is 1. The van der Waals surface area contributed by atoms with Gasteiger partial charge < -0.3 is 10.0 Å². The third kappa shape index (κ3) is 3.07. The first-order valence-electron chi connectivity index (χ1n) is 4.38. The van der Waals surface area contributed by atoms with Gasteiger partial charge in [0.25, 0.3) is 0 Å². The normalized spacial score (nSPS) is 11.8. The lowest BCUT2D eigenvalue weighted by Crippen LogP contribution is -2.25. The molecule has 0 fully saturated rings. The van der Waals surface area contributed by atoms with Crippen molar-refractivity contribution in [3.8, 4) is 0 Å². The predicted molar refractivity (Wildman–Crippen MR) is 52.1 cm³/mol. The molecule has 3 nitrogen and oxygen atoms in total. The number of aliphatic hydroxyl groups is 1. The Morgan fingerprint density at radius 3 is 2.60 bits per heavy atom. The zero-order chi connectivity index (χ0) is 11.5. The van der Waals surface area contributed by atoms with Gasteiger partial charge in [-0.15, -0.1) is 0 Å². The van der Waals surface area contributed by atoms with E-state index in [0.29, 0.717) is 29.6 Å². The second kappa shape index (κ2) is 4.80. The van der Waals surface area contributed by atoms with Crippen molar-refractivity contribution in [3.05, 3.63) is 11.1 Å². The van der Waals surface area contributed by atoms with Gasteiger partial charge in [0.2, 0.25) is 0 Å². The molecule has 0 bridgehead atoms. The number of nitrogens with zero attached hydrogens (tertiary/aromatic N) is 2. The van der Waals surface area contributed by atoms with Gasteiger partial charge in [-0.25, -0.2) is 4.98 Å². The average molecular weight is 240 g/mol. The Morgan fingerprint density at radius 2 is 2.20 bits per heavy atom. The quantitative estimate of drug-likeness (QED) is 0.874. The van der Waals surface area contributed by atoms with Crippen molar-refractivity contribution in [2.75, 3.05) is 24.6 Å². The Balaban J connectivity index is 2.82. The van der Waals surface area contributed by atoms with Crippen molar-refractivity contribution in [1.82, 2.24) is 4.98 Å². The number of likely N-dealkylation sites (N-methyl/N-ethyl adjacent to an activating group) is 1. The summed E-state index contributed by atoms with van der Waals surface area (Å²) in [7, 11) is 0. The molecule has 1 aromatic rings. The standard InChI is InChI=1S/C8H11F3N2OS/c1-2-13(3-4-14)7-12-5-6(15-7)8(9,10)11/h5,14H,2-4H2,1H3. The van der Waals surface area contributed by atoms with Crippen LogP contribution in [0.3, 0.4) is 0 Å². The molecule has 0 amide bonds. The maximum absolute atomic E-state index is 12.3. The Labute approximate surface area is 89.2 Å². The molecule has 1 heterocycles. The van der Waals surface area contributed by atoms with Crippen LogP contribution in [0.5, 0.6) is 0 Å². The van der Waals surface area contributed by atoms with Crippen LogP contribution in [0.15, 0.2) is 6.20 Å². The zero-order valence-electron chi connectivity index (χ0n) is 8.08. The Hall–Kier alpha value is -0.820. The highest BCUT2D eigenvalue weighted by Crippen LogP contribution is 2.36. The summed E-state index contributed by atoms with van der Waals surface area (Å²) in [6.45, 7) is 2.51. The minimum atomic E-state index is -4.34. The maximum atomic E-state index is 12.3. The second-order valence-corrected chi connectivity index (χ2v) is 3.82. The highest BCUT2D eigenvalue weighted by Gasteiger charge is 2.33. The maximum Gasteiger partial charge on any atom is 0.427 e. The van der Waals surface area contributed by atoms with Crippen molar-refractivity contribution in [2.45, 2.75) is 13.1 Å². The molecule has 0 radical (unpaired) electrons. The summed E-state index contributed by atoms with van der Waals surface area (Å²) >= 11 is 0.591. The SMILES string of the molecule is CCN(CCO)c1ncc(C(F)(F)F)s1. The average Bonchev–Trinajstić information content (AvgIpc) is 2.62. The molecule has 0 unspecified atom stereocenters. The van der Waals surface area contributed by atoms with Crippen LogP contribution in [0.25, 0.3) is 0 Å². The van der Waals surface area contributed by atoms with Crippen LogP contribution in [0.1, 0.15) is 11.8 Å². The molecule has 0 aliphatic carbocycles. The van der Waals surface area contributed by atoms with Gasteiger partial charge in [0.1, 0.15) is 4.88 Å². The van der Waals surface area contributed by atoms with E-state index in [4.69, 9.17) is 5.11 Å². The first-order valence-corrected chi connectivity index (χ1v) is 5.19. The number of alkyl halides is 3. The molecular formula is C8H11F3N2OS. The summed E-state index contributed by atoms with van der Waals surface area (Å²) in [6, 6.07) is 0. The lowest BCUT2D eigenvalue weighted by atomic mass is 10.5. The van der Waals surface area contributed by atoms with Crippen LogP contribution in [0.2, 0.25) is 0 Å². The predicted octanol–water partition coefficient (Wildman–Crippen LogP) is 1.98. The summed E-state index contributed by atoms with van der Waals surface area (Å²) in [5, 5.41) is 9.00. The summed E-state index contributed by atoms with van der Waals surface area (Å²) in [5.74, 6) is 0. The van der Waals surface area contributed by atoms with E-state index in [1.54, 1.807) is 11.8 Å². The number of hydrogen-bond donors (Lipinski definition) is 1. The van der Waals surface area contributed by atoms with E-state index in [2.05, 4.69) is 4.98 Å². The molecule has 0 spiro atoms. The third-order valence-electron chi connectivity index (χ3n) is 1.80. The molecule has 86 valence electrons. The van der Waals surface area contributed by atoms with Crippen LogP contribution in [0, 0.1) is 0 Å². The van der Waals surface area contributed by atoms with Crippen LogP contribution < -0.4 is 4.90 Å². The number of aliphatic hydroxyl groups excluding tert-OH is 1. The van der Waals surface area contributed by atoms with Crippen LogP contribution >= 0.6 is 11.3 Å². The lowest BCUT2D eigenvalue weighted by molar-refractivity contribution is -0.134. The summed E-state index contributed by atoms with van der Waals surface area (Å²) in [6.07, 6.45) is -3.52. The van der Waals surface area contributed by atoms with E-state index in [1.165, 1.54) is 0 Å². The number of anilines is 1. The molecule has 1 rings (SSSR count). The largest absolute Gasteiger partial charge is 0.427 e. The van der Waals surface area contributed by atoms with Crippen molar-refractivity contribution < 1.29 is 18.3 Å². The Morgan fingerprint density at radius 1 is 1.53 bits per heavy atom. The number of hydrogen-bond acceptors (Lipinski definition) is 4. The third-order valence-corrected chi connectivity index (χ3v) is 2.90. The fraction of sp³-hybridized carbons (Fsp3) is 0.625. The fourth-order valence-electron chi connectivity index (χ4n) is 1.05. The van der Waals surface area contributed by atoms with Gasteiger partial charge in [0.05, 0.1) is 12.8 Å². The van der Waals surface area contributed by atoms with E-state index < -0.39 is 11.1 Å². The first kappa shape index (κ1) is 12.3. The molecule has 7 heteroatoms. The van der Waals surface area contributed by atoms with Gasteiger partial charge in [-0.05, 0) is 6.92 Å². The first-order chi connectivity index (χ1) is 6.99. The molecule has 0 aliphatic heterocycles. The topological polar surface area (TPSA) is 36.4 Å². The summed E-state index contributed by atoms with van der Waals surface area (Å²) < 4.78 is 36.8. The summed E-state index contributed by atoms with van der Waals surface area (Å²) in [5.41, 5.74) is 0. The minimum absolute atomic E-state index is 0.102. The zero-order valence-corrected chi connectivity index (χ0v) is 8.90. The van der Waals surface area contributed by atoms with Crippen molar-refractivity contribution in [3.63, 3.8) is 0 Å². The van der Waals surface area contributed by atoms with Crippen LogP contribution in [0.4, 0.5) is 18.3 Å². The number of halogens is 3. The van der Waals surface area contributed by atoms with E-state index in [1.807, 2.05) is 0 Å². The molecule has 0 saturated heterocycles. The van der Waals surface area contributed by atoms with E-state index >= 15 is 0 Å². The molecular weight excluding hydrogens is 229 g/mol. The van der Waals surface area contributed by atoms with Gasteiger partial charge >= 0.3 is 6.18 Å². The minimum Gasteiger partial charge on any atom is -0.395 e. The van der Waals surface area contributed by atoms with E-state index in [9.17, 15) is 13.2 Å². The highest BCUT2D eigenvalue weighted by molar-refractivity contribution is 7.15. The van der Waals surface area contributed by atoms with Gasteiger partial charge in [0, 0.05) is 13.1 Å². The molecule has 0 aromatic carbocycles. The molecule has 0 atom stereocenters. The fourth-order valence-corrected chi connectivity index (χ4v) is 1.92. The summed E-state index contributed by atoms with van der Waals surface area (Å²) in [4.78, 5) is 4.57. The Bertz CT molecular complexity index is 313. The lowest BCUT2D eigenvalue weighted by Gasteiger charge is -2.17. The van der Waals surface area contributed by atoms with E-state index in [-0.39, 0.29) is 6.61 Å². The molecule has 0 aliphatic rings. The smallest absolute Gasteiger partial charge is 0.395 e. The van der Waals surface area contributed by atoms with Crippen LogP contribution in [-0.2, 0) is 6.18 Å². The van der Waals surface area contributed by atoms with E-state index in [0.717, 1.165) is 6.20 Å². The highest BCUT2D eigenvalue weighted by atomic mass is 32.1.